The van der Waals surface area contributed by atoms with Crippen LogP contribution in [-0.2, 0) is 6.54 Å². The lowest BCUT2D eigenvalue weighted by Crippen LogP contribution is -2.23. The first-order valence-corrected chi connectivity index (χ1v) is 7.42. The highest BCUT2D eigenvalue weighted by atomic mass is 16.6. The maximum absolute atomic E-state index is 12.2. The van der Waals surface area contributed by atoms with Crippen molar-refractivity contribution in [3.05, 3.63) is 64.3 Å². The minimum absolute atomic E-state index is 0.0171. The van der Waals surface area contributed by atoms with E-state index in [1.54, 1.807) is 24.5 Å². The number of aromatic nitrogens is 3. The van der Waals surface area contributed by atoms with Crippen molar-refractivity contribution in [2.45, 2.75) is 6.54 Å². The number of nitro groups is 1. The number of hydrogen-bond donors (Lipinski definition) is 1. The van der Waals surface area contributed by atoms with Crippen LogP contribution in [0.15, 0.2) is 47.2 Å². The fourth-order valence-electron chi connectivity index (χ4n) is 2.18. The smallest absolute Gasteiger partial charge is 0.311 e. The Hall–Kier alpha value is -3.82. The van der Waals surface area contributed by atoms with Crippen LogP contribution in [0.25, 0.3) is 11.4 Å². The Balaban J connectivity index is 1.69. The highest BCUT2D eigenvalue weighted by Crippen LogP contribution is 2.27. The third-order valence-corrected chi connectivity index (χ3v) is 3.44. The molecule has 0 saturated heterocycles. The zero-order valence-corrected chi connectivity index (χ0v) is 13.6. The van der Waals surface area contributed by atoms with Crippen LogP contribution in [0.3, 0.4) is 0 Å². The summed E-state index contributed by atoms with van der Waals surface area (Å²) in [6.45, 7) is -0.0171. The Morgan fingerprint density at radius 3 is 2.77 bits per heavy atom. The van der Waals surface area contributed by atoms with Gasteiger partial charge in [-0.05, 0) is 24.3 Å². The molecule has 0 aliphatic rings. The Labute approximate surface area is 147 Å². The molecule has 26 heavy (non-hydrogen) atoms. The van der Waals surface area contributed by atoms with Gasteiger partial charge in [0.15, 0.2) is 5.75 Å². The number of nitrogens with one attached hydrogen (secondary N) is 1. The largest absolute Gasteiger partial charge is 0.490 e. The average Bonchev–Trinajstić information content (AvgIpc) is 3.15. The number of methoxy groups -OCH3 is 1. The molecule has 0 aliphatic heterocycles. The zero-order valence-electron chi connectivity index (χ0n) is 13.6. The third kappa shape index (κ3) is 3.64. The molecule has 132 valence electrons. The lowest BCUT2D eigenvalue weighted by molar-refractivity contribution is -0.385. The van der Waals surface area contributed by atoms with Crippen molar-refractivity contribution in [3.8, 4) is 17.1 Å². The standard InChI is InChI=1S/C16H13N5O5/c1-25-13-3-2-11(8-12(13)21(23)24)16(22)18-9-14-19-15(20-26-14)10-4-6-17-7-5-10/h2-8H,9H2,1H3,(H,18,22). The Morgan fingerprint density at radius 2 is 2.08 bits per heavy atom. The minimum Gasteiger partial charge on any atom is -0.490 e. The Morgan fingerprint density at radius 1 is 1.31 bits per heavy atom. The van der Waals surface area contributed by atoms with Gasteiger partial charge >= 0.3 is 5.69 Å². The quantitative estimate of drug-likeness (QED) is 0.524. The van der Waals surface area contributed by atoms with Crippen molar-refractivity contribution in [3.63, 3.8) is 0 Å². The van der Waals surface area contributed by atoms with Crippen LogP contribution >= 0.6 is 0 Å². The van der Waals surface area contributed by atoms with E-state index in [1.807, 2.05) is 0 Å². The summed E-state index contributed by atoms with van der Waals surface area (Å²) in [4.78, 5) is 30.7. The van der Waals surface area contributed by atoms with E-state index in [-0.39, 0.29) is 29.4 Å². The van der Waals surface area contributed by atoms with Crippen molar-refractivity contribution in [1.82, 2.24) is 20.4 Å². The molecule has 0 unspecified atom stereocenters. The molecule has 0 atom stereocenters. The number of rotatable bonds is 6. The zero-order chi connectivity index (χ0) is 18.5. The van der Waals surface area contributed by atoms with Crippen molar-refractivity contribution in [2.24, 2.45) is 0 Å². The van der Waals surface area contributed by atoms with Gasteiger partial charge in [-0.25, -0.2) is 0 Å². The van der Waals surface area contributed by atoms with E-state index in [4.69, 9.17) is 9.26 Å². The maximum atomic E-state index is 12.2. The molecule has 0 radical (unpaired) electrons. The number of hydrogen-bond acceptors (Lipinski definition) is 8. The Kier molecular flexibility index (Phi) is 4.83. The summed E-state index contributed by atoms with van der Waals surface area (Å²) in [6, 6.07) is 7.39. The normalized spacial score (nSPS) is 10.3. The van der Waals surface area contributed by atoms with Crippen LogP contribution in [0, 0.1) is 10.1 Å². The molecule has 0 aliphatic carbocycles. The van der Waals surface area contributed by atoms with Gasteiger partial charge in [0.2, 0.25) is 11.7 Å². The second-order valence-corrected chi connectivity index (χ2v) is 5.07. The summed E-state index contributed by atoms with van der Waals surface area (Å²) in [5, 5.41) is 17.4. The molecular formula is C16H13N5O5. The predicted molar refractivity (Wildman–Crippen MR) is 88.3 cm³/mol. The highest BCUT2D eigenvalue weighted by molar-refractivity contribution is 5.95. The molecule has 0 spiro atoms. The number of ether oxygens (including phenoxy) is 1. The van der Waals surface area contributed by atoms with Gasteiger partial charge in [0.1, 0.15) is 0 Å². The van der Waals surface area contributed by atoms with E-state index in [0.29, 0.717) is 5.82 Å². The van der Waals surface area contributed by atoms with Gasteiger partial charge in [-0.1, -0.05) is 5.16 Å². The summed E-state index contributed by atoms with van der Waals surface area (Å²) >= 11 is 0. The van der Waals surface area contributed by atoms with Crippen LogP contribution < -0.4 is 10.1 Å². The fraction of sp³-hybridized carbons (Fsp3) is 0.125. The minimum atomic E-state index is -0.616. The van der Waals surface area contributed by atoms with Gasteiger partial charge in [0.05, 0.1) is 18.6 Å². The van der Waals surface area contributed by atoms with E-state index < -0.39 is 10.8 Å². The number of nitrogens with zero attached hydrogens (tertiary/aromatic N) is 4. The molecule has 1 N–H and O–H groups in total. The molecular weight excluding hydrogens is 342 g/mol. The van der Waals surface area contributed by atoms with Crippen LogP contribution in [0.1, 0.15) is 16.2 Å². The van der Waals surface area contributed by atoms with Gasteiger partial charge in [-0.15, -0.1) is 0 Å². The summed E-state index contributed by atoms with van der Waals surface area (Å²) in [5.74, 6) is 0.134. The number of nitro benzene ring substituents is 1. The first-order chi connectivity index (χ1) is 12.6. The molecule has 3 rings (SSSR count). The molecule has 0 bridgehead atoms. The van der Waals surface area contributed by atoms with E-state index >= 15 is 0 Å². The highest BCUT2D eigenvalue weighted by Gasteiger charge is 2.18. The Bertz CT molecular complexity index is 941. The number of carbonyl (C=O) groups excluding carboxylic acids is 1. The van der Waals surface area contributed by atoms with E-state index in [0.717, 1.165) is 11.6 Å². The molecule has 0 fully saturated rings. The SMILES string of the molecule is COc1ccc(C(=O)NCc2nc(-c3ccncc3)no2)cc1[N+](=O)[O-]. The number of pyridine rings is 1. The first-order valence-electron chi connectivity index (χ1n) is 7.42. The summed E-state index contributed by atoms with van der Waals surface area (Å²) in [7, 11) is 1.32. The first kappa shape index (κ1) is 17.0. The average molecular weight is 355 g/mol. The third-order valence-electron chi connectivity index (χ3n) is 3.44. The fourth-order valence-corrected chi connectivity index (χ4v) is 2.18. The molecule has 0 saturated carbocycles. The second-order valence-electron chi connectivity index (χ2n) is 5.07. The summed E-state index contributed by atoms with van der Waals surface area (Å²) in [5.41, 5.74) is 0.552. The van der Waals surface area contributed by atoms with Crippen LogP contribution in [0.5, 0.6) is 5.75 Å². The van der Waals surface area contributed by atoms with Crippen molar-refractivity contribution in [1.29, 1.82) is 0 Å². The van der Waals surface area contributed by atoms with E-state index in [1.165, 1.54) is 19.2 Å². The van der Waals surface area contributed by atoms with Gasteiger partial charge in [0, 0.05) is 29.6 Å². The van der Waals surface area contributed by atoms with Gasteiger partial charge in [-0.2, -0.15) is 4.98 Å². The molecule has 2 heterocycles. The number of carbonyl (C=O) groups is 1. The molecule has 1 amide bonds. The maximum Gasteiger partial charge on any atom is 0.311 e. The monoisotopic (exact) mass is 355 g/mol. The summed E-state index contributed by atoms with van der Waals surface area (Å²) in [6.07, 6.45) is 3.20. The van der Waals surface area contributed by atoms with E-state index in [9.17, 15) is 14.9 Å². The topological polar surface area (TPSA) is 133 Å². The van der Waals surface area contributed by atoms with Crippen LogP contribution in [0.2, 0.25) is 0 Å². The predicted octanol–water partition coefficient (Wildman–Crippen LogP) is 1.98. The van der Waals surface area contributed by atoms with Crippen molar-refractivity contribution >= 4 is 11.6 Å². The van der Waals surface area contributed by atoms with Crippen molar-refractivity contribution in [2.75, 3.05) is 7.11 Å². The second kappa shape index (κ2) is 7.38. The lowest BCUT2D eigenvalue weighted by atomic mass is 10.1. The summed E-state index contributed by atoms with van der Waals surface area (Å²) < 4.78 is 9.98. The number of amides is 1. The van der Waals surface area contributed by atoms with Crippen LogP contribution in [-0.4, -0.2) is 33.1 Å². The van der Waals surface area contributed by atoms with Crippen molar-refractivity contribution < 1.29 is 19.0 Å². The van der Waals surface area contributed by atoms with E-state index in [2.05, 4.69) is 20.4 Å². The molecule has 10 nitrogen and oxygen atoms in total. The molecule has 1 aromatic carbocycles. The molecule has 2 aromatic heterocycles. The molecule has 3 aromatic rings. The van der Waals surface area contributed by atoms with Gasteiger partial charge < -0.3 is 14.6 Å². The lowest BCUT2D eigenvalue weighted by Gasteiger charge is -2.05. The van der Waals surface area contributed by atoms with Crippen LogP contribution in [0.4, 0.5) is 5.69 Å². The molecule has 10 heteroatoms. The van der Waals surface area contributed by atoms with Gasteiger partial charge in [-0.3, -0.25) is 19.9 Å². The van der Waals surface area contributed by atoms with Gasteiger partial charge in [0.25, 0.3) is 5.91 Å². The number of benzene rings is 1.